The molecule has 0 heterocycles. The van der Waals surface area contributed by atoms with E-state index in [1.807, 2.05) is 6.07 Å². The van der Waals surface area contributed by atoms with Crippen molar-refractivity contribution in [1.29, 1.82) is 0 Å². The van der Waals surface area contributed by atoms with Gasteiger partial charge in [-0.25, -0.2) is 8.42 Å². The van der Waals surface area contributed by atoms with Gasteiger partial charge in [0.1, 0.15) is 5.75 Å². The molecule has 0 aliphatic heterocycles. The number of benzene rings is 1. The average Bonchev–Trinajstić information content (AvgIpc) is 2.46. The maximum atomic E-state index is 11.8. The number of ether oxygens (including phenoxy) is 1. The van der Waals surface area contributed by atoms with E-state index in [9.17, 15) is 8.42 Å². The number of sulfone groups is 1. The molecule has 3 nitrogen and oxygen atoms in total. The molecule has 19 heavy (non-hydrogen) atoms. The van der Waals surface area contributed by atoms with Gasteiger partial charge in [-0.15, -0.1) is 0 Å². The summed E-state index contributed by atoms with van der Waals surface area (Å²) in [4.78, 5) is 0.358. The molecule has 1 fully saturated rings. The quantitative estimate of drug-likeness (QED) is 0.831. The lowest BCUT2D eigenvalue weighted by Gasteiger charge is -2.21. The molecule has 0 unspecified atom stereocenters. The van der Waals surface area contributed by atoms with Crippen molar-refractivity contribution in [3.63, 3.8) is 0 Å². The van der Waals surface area contributed by atoms with E-state index >= 15 is 0 Å². The van der Waals surface area contributed by atoms with Crippen LogP contribution in [0.5, 0.6) is 5.75 Å². The molecule has 0 spiro atoms. The second-order valence-electron chi connectivity index (χ2n) is 5.19. The summed E-state index contributed by atoms with van der Waals surface area (Å²) >= 11 is 0. The first-order chi connectivity index (χ1) is 9.12. The van der Waals surface area contributed by atoms with Gasteiger partial charge in [-0.1, -0.05) is 32.3 Å². The Morgan fingerprint density at radius 2 is 1.95 bits per heavy atom. The lowest BCUT2D eigenvalue weighted by molar-refractivity contribution is 0.208. The van der Waals surface area contributed by atoms with Crippen LogP contribution in [-0.2, 0) is 9.84 Å². The molecule has 0 aromatic heterocycles. The van der Waals surface area contributed by atoms with Gasteiger partial charge >= 0.3 is 0 Å². The minimum absolute atomic E-state index is 0.124. The van der Waals surface area contributed by atoms with Crippen LogP contribution in [-0.4, -0.2) is 20.8 Å². The Kier molecular flexibility index (Phi) is 4.86. The van der Waals surface area contributed by atoms with Crippen LogP contribution in [0.25, 0.3) is 0 Å². The molecule has 0 bridgehead atoms. The lowest BCUT2D eigenvalue weighted by Crippen LogP contribution is -2.15. The normalized spacial score (nSPS) is 17.3. The van der Waals surface area contributed by atoms with Crippen LogP contribution in [0.2, 0.25) is 0 Å². The molecule has 0 atom stereocenters. The molecule has 0 amide bonds. The minimum Gasteiger partial charge on any atom is -0.493 e. The van der Waals surface area contributed by atoms with Gasteiger partial charge in [-0.2, -0.15) is 0 Å². The van der Waals surface area contributed by atoms with Crippen molar-refractivity contribution in [3.8, 4) is 5.75 Å². The molecule has 0 N–H and O–H groups in total. The van der Waals surface area contributed by atoms with E-state index < -0.39 is 9.84 Å². The Hall–Kier alpha value is -1.03. The Balaban J connectivity index is 1.99. The van der Waals surface area contributed by atoms with Gasteiger partial charge in [0.2, 0.25) is 0 Å². The van der Waals surface area contributed by atoms with Crippen LogP contribution < -0.4 is 4.74 Å². The zero-order chi connectivity index (χ0) is 13.7. The third-order valence-corrected chi connectivity index (χ3v) is 5.49. The minimum atomic E-state index is -3.14. The maximum absolute atomic E-state index is 11.8. The number of rotatable bonds is 5. The fourth-order valence-corrected chi connectivity index (χ4v) is 3.41. The van der Waals surface area contributed by atoms with E-state index in [-0.39, 0.29) is 5.75 Å². The number of hydrogen-bond donors (Lipinski definition) is 0. The van der Waals surface area contributed by atoms with Crippen molar-refractivity contribution in [2.24, 2.45) is 5.92 Å². The largest absolute Gasteiger partial charge is 0.493 e. The molecular formula is C15H22O3S. The van der Waals surface area contributed by atoms with Crippen LogP contribution in [0.15, 0.2) is 29.2 Å². The van der Waals surface area contributed by atoms with Crippen molar-refractivity contribution >= 4 is 9.84 Å². The van der Waals surface area contributed by atoms with Crippen molar-refractivity contribution < 1.29 is 13.2 Å². The zero-order valence-corrected chi connectivity index (χ0v) is 12.3. The Morgan fingerprint density at radius 1 is 1.21 bits per heavy atom. The first-order valence-electron chi connectivity index (χ1n) is 7.07. The fraction of sp³-hybridized carbons (Fsp3) is 0.600. The van der Waals surface area contributed by atoms with Crippen molar-refractivity contribution in [3.05, 3.63) is 24.3 Å². The van der Waals surface area contributed by atoms with E-state index in [0.29, 0.717) is 23.2 Å². The van der Waals surface area contributed by atoms with Crippen LogP contribution in [0.3, 0.4) is 0 Å². The van der Waals surface area contributed by atoms with Crippen molar-refractivity contribution in [2.45, 2.75) is 43.9 Å². The predicted octanol–water partition coefficient (Wildman–Crippen LogP) is 3.44. The highest BCUT2D eigenvalue weighted by molar-refractivity contribution is 7.91. The van der Waals surface area contributed by atoms with Crippen LogP contribution in [0, 0.1) is 5.92 Å². The molecule has 1 aromatic carbocycles. The van der Waals surface area contributed by atoms with Crippen LogP contribution >= 0.6 is 0 Å². The highest BCUT2D eigenvalue weighted by Crippen LogP contribution is 2.25. The first kappa shape index (κ1) is 14.4. The van der Waals surface area contributed by atoms with E-state index in [4.69, 9.17) is 4.74 Å². The highest BCUT2D eigenvalue weighted by atomic mass is 32.2. The summed E-state index contributed by atoms with van der Waals surface area (Å²) in [6, 6.07) is 6.85. The molecule has 0 saturated heterocycles. The SMILES string of the molecule is CCS(=O)(=O)c1cccc(OCC2CCCCC2)c1. The highest BCUT2D eigenvalue weighted by Gasteiger charge is 2.15. The molecule has 1 aliphatic rings. The Morgan fingerprint density at radius 3 is 2.63 bits per heavy atom. The topological polar surface area (TPSA) is 43.4 Å². The molecule has 106 valence electrons. The molecule has 1 aliphatic carbocycles. The van der Waals surface area contributed by atoms with E-state index in [2.05, 4.69) is 0 Å². The van der Waals surface area contributed by atoms with Crippen molar-refractivity contribution in [2.75, 3.05) is 12.4 Å². The third-order valence-electron chi connectivity index (χ3n) is 3.76. The summed E-state index contributed by atoms with van der Waals surface area (Å²) in [5.74, 6) is 1.42. The van der Waals surface area contributed by atoms with Gasteiger partial charge in [0.05, 0.1) is 17.3 Å². The zero-order valence-electron chi connectivity index (χ0n) is 11.5. The summed E-state index contributed by atoms with van der Waals surface area (Å²) in [6.07, 6.45) is 6.37. The van der Waals surface area contributed by atoms with Gasteiger partial charge in [0.15, 0.2) is 9.84 Å². The van der Waals surface area contributed by atoms with Gasteiger partial charge in [0, 0.05) is 0 Å². The lowest BCUT2D eigenvalue weighted by atomic mass is 9.90. The van der Waals surface area contributed by atoms with Gasteiger partial charge in [0.25, 0.3) is 0 Å². The van der Waals surface area contributed by atoms with Crippen LogP contribution in [0.4, 0.5) is 0 Å². The summed E-state index contributed by atoms with van der Waals surface area (Å²) in [6.45, 7) is 2.36. The number of hydrogen-bond acceptors (Lipinski definition) is 3. The van der Waals surface area contributed by atoms with Crippen LogP contribution in [0.1, 0.15) is 39.0 Å². The standard InChI is InChI=1S/C15H22O3S/c1-2-19(16,17)15-10-6-9-14(11-15)18-12-13-7-4-3-5-8-13/h6,9-11,13H,2-5,7-8,12H2,1H3. The van der Waals surface area contributed by atoms with Gasteiger partial charge < -0.3 is 4.74 Å². The summed E-state index contributed by atoms with van der Waals surface area (Å²) in [5.41, 5.74) is 0. The Labute approximate surface area is 115 Å². The molecule has 1 aromatic rings. The molecular weight excluding hydrogens is 260 g/mol. The third kappa shape index (κ3) is 3.96. The summed E-state index contributed by atoms with van der Waals surface area (Å²) in [5, 5.41) is 0. The smallest absolute Gasteiger partial charge is 0.178 e. The Bertz CT molecular complexity index is 502. The van der Waals surface area contributed by atoms with Crippen molar-refractivity contribution in [1.82, 2.24) is 0 Å². The summed E-state index contributed by atoms with van der Waals surface area (Å²) in [7, 11) is -3.14. The molecule has 0 radical (unpaired) electrons. The molecule has 2 rings (SSSR count). The van der Waals surface area contributed by atoms with E-state index in [1.165, 1.54) is 32.1 Å². The summed E-state index contributed by atoms with van der Waals surface area (Å²) < 4.78 is 29.4. The second-order valence-corrected chi connectivity index (χ2v) is 7.47. The average molecular weight is 282 g/mol. The molecule has 4 heteroatoms. The van der Waals surface area contributed by atoms with E-state index in [0.717, 1.165) is 0 Å². The van der Waals surface area contributed by atoms with E-state index in [1.54, 1.807) is 25.1 Å². The molecule has 1 saturated carbocycles. The van der Waals surface area contributed by atoms with Gasteiger partial charge in [-0.05, 0) is 37.0 Å². The predicted molar refractivity (Wildman–Crippen MR) is 76.2 cm³/mol. The van der Waals surface area contributed by atoms with Gasteiger partial charge in [-0.3, -0.25) is 0 Å². The fourth-order valence-electron chi connectivity index (χ4n) is 2.49. The first-order valence-corrected chi connectivity index (χ1v) is 8.72. The second kappa shape index (κ2) is 6.42. The monoisotopic (exact) mass is 282 g/mol. The maximum Gasteiger partial charge on any atom is 0.178 e.